The van der Waals surface area contributed by atoms with E-state index in [4.69, 9.17) is 16.3 Å². The molecular formula is C15H21ClN2O2. The maximum absolute atomic E-state index is 11.8. The Kier molecular flexibility index (Phi) is 7.09. The van der Waals surface area contributed by atoms with Crippen LogP contribution >= 0.6 is 11.6 Å². The van der Waals surface area contributed by atoms with Crippen LogP contribution in [0, 0.1) is 0 Å². The molecular weight excluding hydrogens is 276 g/mol. The van der Waals surface area contributed by atoms with Crippen molar-refractivity contribution in [3.8, 4) is 0 Å². The van der Waals surface area contributed by atoms with Gasteiger partial charge in [0.25, 0.3) is 0 Å². The molecule has 1 aromatic rings. The third-order valence-electron chi connectivity index (χ3n) is 2.73. The number of halogens is 1. The molecule has 0 spiro atoms. The summed E-state index contributed by atoms with van der Waals surface area (Å²) in [7, 11) is 0. The van der Waals surface area contributed by atoms with Gasteiger partial charge in [-0.3, -0.25) is 0 Å². The first kappa shape index (κ1) is 16.5. The van der Waals surface area contributed by atoms with Crippen LogP contribution < -0.4 is 5.32 Å². The highest BCUT2D eigenvalue weighted by molar-refractivity contribution is 6.29. The van der Waals surface area contributed by atoms with Crippen molar-refractivity contribution in [3.63, 3.8) is 0 Å². The van der Waals surface area contributed by atoms with Crippen LogP contribution in [0.15, 0.2) is 24.4 Å². The minimum Gasteiger partial charge on any atom is -0.462 e. The largest absolute Gasteiger partial charge is 0.462 e. The highest BCUT2D eigenvalue weighted by Gasteiger charge is 2.17. The first-order chi connectivity index (χ1) is 9.70. The normalized spacial score (nSPS) is 13.6. The standard InChI is InChI=1S/C13H15ClN2O2.C2H6/c1-2-18-13(17)10-8-15-12(14)7-11(10)16-9-5-3-4-6-9;1-2/h3-4,7-9H,2,5-6H2,1H3,(H,15,16);1-2H3. The zero-order chi connectivity index (χ0) is 15.0. The van der Waals surface area contributed by atoms with Crippen LogP contribution in [0.25, 0.3) is 0 Å². The number of pyridine rings is 1. The van der Waals surface area contributed by atoms with E-state index in [1.165, 1.54) is 6.20 Å². The van der Waals surface area contributed by atoms with Crippen LogP contribution in [-0.2, 0) is 4.74 Å². The van der Waals surface area contributed by atoms with Crippen molar-refractivity contribution >= 4 is 23.3 Å². The predicted octanol–water partition coefficient (Wildman–Crippen LogP) is 4.07. The summed E-state index contributed by atoms with van der Waals surface area (Å²) in [5.41, 5.74) is 1.11. The molecule has 0 amide bonds. The summed E-state index contributed by atoms with van der Waals surface area (Å²) in [6, 6.07) is 1.96. The van der Waals surface area contributed by atoms with Gasteiger partial charge < -0.3 is 10.1 Å². The molecule has 1 heterocycles. The van der Waals surface area contributed by atoms with Gasteiger partial charge in [0.05, 0.1) is 12.3 Å². The fourth-order valence-electron chi connectivity index (χ4n) is 1.88. The second-order valence-corrected chi connectivity index (χ2v) is 4.44. The molecule has 1 N–H and O–H groups in total. The lowest BCUT2D eigenvalue weighted by Crippen LogP contribution is -2.18. The third kappa shape index (κ3) is 4.53. The Morgan fingerprint density at radius 2 is 2.10 bits per heavy atom. The fourth-order valence-corrected chi connectivity index (χ4v) is 2.03. The van der Waals surface area contributed by atoms with E-state index < -0.39 is 0 Å². The van der Waals surface area contributed by atoms with Crippen LogP contribution in [0.5, 0.6) is 0 Å². The van der Waals surface area contributed by atoms with E-state index in [-0.39, 0.29) is 5.97 Å². The Hall–Kier alpha value is -1.55. The SMILES string of the molecule is CC.CCOC(=O)c1cnc(Cl)cc1NC1CC=CC1. The van der Waals surface area contributed by atoms with E-state index in [1.807, 2.05) is 13.8 Å². The van der Waals surface area contributed by atoms with Gasteiger partial charge in [-0.15, -0.1) is 0 Å². The van der Waals surface area contributed by atoms with Crippen LogP contribution in [0.4, 0.5) is 5.69 Å². The number of nitrogens with one attached hydrogen (secondary N) is 1. The topological polar surface area (TPSA) is 51.2 Å². The van der Waals surface area contributed by atoms with E-state index in [1.54, 1.807) is 13.0 Å². The number of hydrogen-bond acceptors (Lipinski definition) is 4. The minimum atomic E-state index is -0.380. The molecule has 0 unspecified atom stereocenters. The fraction of sp³-hybridized carbons (Fsp3) is 0.467. The summed E-state index contributed by atoms with van der Waals surface area (Å²) >= 11 is 5.87. The number of ether oxygens (including phenoxy) is 1. The minimum absolute atomic E-state index is 0.302. The first-order valence-electron chi connectivity index (χ1n) is 6.95. The van der Waals surface area contributed by atoms with Gasteiger partial charge in [-0.25, -0.2) is 9.78 Å². The Morgan fingerprint density at radius 1 is 1.45 bits per heavy atom. The van der Waals surface area contributed by atoms with Crippen molar-refractivity contribution in [2.24, 2.45) is 0 Å². The summed E-state index contributed by atoms with van der Waals surface area (Å²) in [5, 5.41) is 3.66. The van der Waals surface area contributed by atoms with E-state index in [0.717, 1.165) is 12.8 Å². The van der Waals surface area contributed by atoms with E-state index in [2.05, 4.69) is 22.5 Å². The molecule has 5 heteroatoms. The van der Waals surface area contributed by atoms with Crippen molar-refractivity contribution in [2.45, 2.75) is 39.7 Å². The van der Waals surface area contributed by atoms with Gasteiger partial charge >= 0.3 is 5.97 Å². The van der Waals surface area contributed by atoms with Gasteiger partial charge in [0.1, 0.15) is 10.7 Å². The Morgan fingerprint density at radius 3 is 2.70 bits per heavy atom. The molecule has 0 saturated carbocycles. The van der Waals surface area contributed by atoms with Crippen molar-refractivity contribution in [1.82, 2.24) is 4.98 Å². The molecule has 1 aliphatic rings. The molecule has 0 aromatic carbocycles. The molecule has 1 aromatic heterocycles. The van der Waals surface area contributed by atoms with E-state index >= 15 is 0 Å². The molecule has 0 saturated heterocycles. The van der Waals surface area contributed by atoms with Crippen molar-refractivity contribution < 1.29 is 9.53 Å². The highest BCUT2D eigenvalue weighted by atomic mass is 35.5. The summed E-state index contributed by atoms with van der Waals surface area (Å²) in [5.74, 6) is -0.380. The molecule has 0 aliphatic heterocycles. The molecule has 20 heavy (non-hydrogen) atoms. The van der Waals surface area contributed by atoms with Crippen LogP contribution in [0.2, 0.25) is 5.15 Å². The third-order valence-corrected chi connectivity index (χ3v) is 2.94. The predicted molar refractivity (Wildman–Crippen MR) is 82.3 cm³/mol. The van der Waals surface area contributed by atoms with E-state index in [0.29, 0.717) is 29.1 Å². The number of nitrogens with zero attached hydrogens (tertiary/aromatic N) is 1. The lowest BCUT2D eigenvalue weighted by Gasteiger charge is -2.16. The molecule has 4 nitrogen and oxygen atoms in total. The molecule has 0 bridgehead atoms. The van der Waals surface area contributed by atoms with Crippen LogP contribution in [0.1, 0.15) is 44.0 Å². The summed E-state index contributed by atoms with van der Waals surface area (Å²) in [4.78, 5) is 15.7. The number of carbonyl (C=O) groups excluding carboxylic acids is 1. The Balaban J connectivity index is 0.000000956. The maximum Gasteiger partial charge on any atom is 0.341 e. The van der Waals surface area contributed by atoms with Gasteiger partial charge in [-0.2, -0.15) is 0 Å². The molecule has 1 aliphatic carbocycles. The van der Waals surface area contributed by atoms with Gasteiger partial charge in [0.2, 0.25) is 0 Å². The van der Waals surface area contributed by atoms with Crippen molar-refractivity contribution in [3.05, 3.63) is 35.1 Å². The number of hydrogen-bond donors (Lipinski definition) is 1. The summed E-state index contributed by atoms with van der Waals surface area (Å²) in [6.45, 7) is 6.11. The molecule has 0 radical (unpaired) electrons. The highest BCUT2D eigenvalue weighted by Crippen LogP contribution is 2.23. The number of anilines is 1. The lowest BCUT2D eigenvalue weighted by molar-refractivity contribution is 0.0527. The second-order valence-electron chi connectivity index (χ2n) is 4.06. The van der Waals surface area contributed by atoms with Crippen molar-refractivity contribution in [2.75, 3.05) is 11.9 Å². The first-order valence-corrected chi connectivity index (χ1v) is 7.32. The second kappa shape index (κ2) is 8.59. The molecule has 0 atom stereocenters. The Labute approximate surface area is 125 Å². The smallest absolute Gasteiger partial charge is 0.341 e. The van der Waals surface area contributed by atoms with Crippen LogP contribution in [0.3, 0.4) is 0 Å². The molecule has 0 fully saturated rings. The maximum atomic E-state index is 11.8. The van der Waals surface area contributed by atoms with Crippen LogP contribution in [-0.4, -0.2) is 23.6 Å². The Bertz CT molecular complexity index is 467. The van der Waals surface area contributed by atoms with Crippen molar-refractivity contribution in [1.29, 1.82) is 0 Å². The monoisotopic (exact) mass is 296 g/mol. The number of esters is 1. The van der Waals surface area contributed by atoms with Gasteiger partial charge in [-0.05, 0) is 25.8 Å². The summed E-state index contributed by atoms with van der Waals surface area (Å²) < 4.78 is 5.00. The number of rotatable bonds is 4. The zero-order valence-corrected chi connectivity index (χ0v) is 12.9. The van der Waals surface area contributed by atoms with Gasteiger partial charge in [0, 0.05) is 12.2 Å². The quantitative estimate of drug-likeness (QED) is 0.517. The van der Waals surface area contributed by atoms with Gasteiger partial charge in [-0.1, -0.05) is 37.6 Å². The average Bonchev–Trinajstić information content (AvgIpc) is 2.94. The lowest BCUT2D eigenvalue weighted by atomic mass is 10.2. The zero-order valence-electron chi connectivity index (χ0n) is 12.1. The van der Waals surface area contributed by atoms with E-state index in [9.17, 15) is 4.79 Å². The summed E-state index contributed by atoms with van der Waals surface area (Å²) in [6.07, 6.45) is 7.57. The molecule has 2 rings (SSSR count). The average molecular weight is 297 g/mol. The number of aromatic nitrogens is 1. The number of carbonyl (C=O) groups is 1. The molecule has 110 valence electrons. The van der Waals surface area contributed by atoms with Gasteiger partial charge in [0.15, 0.2) is 0 Å².